The molecule has 1 aliphatic rings. The zero-order valence-corrected chi connectivity index (χ0v) is 16.9. The van der Waals surface area contributed by atoms with Crippen LogP contribution in [0.2, 0.25) is 0 Å². The third-order valence-electron chi connectivity index (χ3n) is 3.56. The third-order valence-corrected chi connectivity index (χ3v) is 3.56. The molecule has 0 spiro atoms. The van der Waals surface area contributed by atoms with Crippen LogP contribution in [0, 0.1) is 11.3 Å². The second-order valence-electron chi connectivity index (χ2n) is 7.84. The maximum atomic E-state index is 5.98. The number of aromatic nitrogens is 2. The second-order valence-corrected chi connectivity index (χ2v) is 7.84. The molecule has 1 aliphatic heterocycles. The van der Waals surface area contributed by atoms with Gasteiger partial charge in [0.25, 0.3) is 0 Å². The number of ether oxygens (including phenoxy) is 3. The lowest BCUT2D eigenvalue weighted by Gasteiger charge is -2.33. The van der Waals surface area contributed by atoms with Crippen LogP contribution in [0.1, 0.15) is 60.3 Å². The van der Waals surface area contributed by atoms with Gasteiger partial charge >= 0.3 is 0 Å². The standard InChI is InChI=1S/C19H31N3O4/c1-13(2)11-23-17-16(18-25-15(5)26-18)10-20-22(17)9-8-19(6,7)12-24-21-14(3)4/h8-10,13,15,18H,11-12H2,1-7H3/b9-8+. The summed E-state index contributed by atoms with van der Waals surface area (Å²) >= 11 is 0. The van der Waals surface area contributed by atoms with Gasteiger partial charge in [0.2, 0.25) is 5.88 Å². The summed E-state index contributed by atoms with van der Waals surface area (Å²) in [4.78, 5) is 5.38. The fourth-order valence-corrected chi connectivity index (χ4v) is 2.18. The van der Waals surface area contributed by atoms with Gasteiger partial charge in [-0.2, -0.15) is 5.10 Å². The maximum absolute atomic E-state index is 5.98. The van der Waals surface area contributed by atoms with Gasteiger partial charge < -0.3 is 19.0 Å². The van der Waals surface area contributed by atoms with Crippen molar-refractivity contribution in [3.63, 3.8) is 0 Å². The molecular formula is C19H31N3O4. The summed E-state index contributed by atoms with van der Waals surface area (Å²) in [5.41, 5.74) is 1.48. The zero-order valence-electron chi connectivity index (χ0n) is 16.9. The van der Waals surface area contributed by atoms with Gasteiger partial charge in [0.1, 0.15) is 6.61 Å². The monoisotopic (exact) mass is 365 g/mol. The Balaban J connectivity index is 2.12. The van der Waals surface area contributed by atoms with E-state index in [1.165, 1.54) is 0 Å². The van der Waals surface area contributed by atoms with Gasteiger partial charge in [0.15, 0.2) is 12.6 Å². The molecule has 1 fully saturated rings. The maximum Gasteiger partial charge on any atom is 0.224 e. The van der Waals surface area contributed by atoms with Crippen molar-refractivity contribution < 1.29 is 19.0 Å². The summed E-state index contributed by atoms with van der Waals surface area (Å²) < 4.78 is 18.9. The number of hydrogen-bond donors (Lipinski definition) is 0. The Hall–Kier alpha value is -1.86. The molecule has 0 aliphatic carbocycles. The van der Waals surface area contributed by atoms with Gasteiger partial charge in [-0.05, 0) is 26.7 Å². The fraction of sp³-hybridized carbons (Fsp3) is 0.684. The summed E-state index contributed by atoms with van der Waals surface area (Å²) in [5.74, 6) is 1.04. The molecule has 0 amide bonds. The van der Waals surface area contributed by atoms with Crippen molar-refractivity contribution in [2.45, 2.75) is 61.0 Å². The van der Waals surface area contributed by atoms with Crippen molar-refractivity contribution in [3.05, 3.63) is 17.8 Å². The Morgan fingerprint density at radius 1 is 1.38 bits per heavy atom. The average Bonchev–Trinajstić information content (AvgIpc) is 2.89. The van der Waals surface area contributed by atoms with Crippen LogP contribution in [0.25, 0.3) is 6.20 Å². The topological polar surface area (TPSA) is 67.1 Å². The Morgan fingerprint density at radius 3 is 2.65 bits per heavy atom. The lowest BCUT2D eigenvalue weighted by Crippen LogP contribution is -2.31. The molecule has 1 aromatic rings. The Kier molecular flexibility index (Phi) is 6.83. The number of nitrogens with zero attached hydrogens (tertiary/aromatic N) is 3. The van der Waals surface area contributed by atoms with Gasteiger partial charge in [0.05, 0.1) is 24.1 Å². The van der Waals surface area contributed by atoms with Crippen molar-refractivity contribution in [1.29, 1.82) is 0 Å². The molecule has 2 rings (SSSR count). The summed E-state index contributed by atoms with van der Waals surface area (Å²) in [6, 6.07) is 0. The van der Waals surface area contributed by atoms with E-state index in [0.29, 0.717) is 25.0 Å². The van der Waals surface area contributed by atoms with E-state index in [1.807, 2.05) is 33.0 Å². The fourth-order valence-electron chi connectivity index (χ4n) is 2.18. The zero-order chi connectivity index (χ0) is 19.3. The Bertz CT molecular complexity index is 639. The molecule has 0 N–H and O–H groups in total. The molecule has 0 aromatic carbocycles. The molecule has 1 saturated heterocycles. The molecule has 0 saturated carbocycles. The lowest BCUT2D eigenvalue weighted by atomic mass is 9.95. The first-order valence-corrected chi connectivity index (χ1v) is 9.01. The van der Waals surface area contributed by atoms with Crippen LogP contribution < -0.4 is 4.74 Å². The minimum Gasteiger partial charge on any atom is -0.477 e. The molecule has 7 nitrogen and oxygen atoms in total. The highest BCUT2D eigenvalue weighted by Crippen LogP contribution is 2.37. The van der Waals surface area contributed by atoms with Gasteiger partial charge in [-0.25, -0.2) is 4.68 Å². The first kappa shape index (κ1) is 20.5. The molecule has 0 radical (unpaired) electrons. The summed E-state index contributed by atoms with van der Waals surface area (Å²) in [6.07, 6.45) is 5.01. The van der Waals surface area contributed by atoms with Crippen LogP contribution in [0.15, 0.2) is 17.4 Å². The highest BCUT2D eigenvalue weighted by molar-refractivity contribution is 5.78. The molecule has 2 heterocycles. The lowest BCUT2D eigenvalue weighted by molar-refractivity contribution is -0.382. The van der Waals surface area contributed by atoms with E-state index in [9.17, 15) is 0 Å². The predicted octanol–water partition coefficient (Wildman–Crippen LogP) is 4.22. The highest BCUT2D eigenvalue weighted by Gasteiger charge is 2.33. The third kappa shape index (κ3) is 5.85. The van der Waals surface area contributed by atoms with Crippen molar-refractivity contribution in [2.75, 3.05) is 13.2 Å². The Morgan fingerprint density at radius 2 is 2.08 bits per heavy atom. The van der Waals surface area contributed by atoms with Crippen molar-refractivity contribution in [3.8, 4) is 5.88 Å². The summed E-state index contributed by atoms with van der Waals surface area (Å²) in [6.45, 7) is 15.1. The summed E-state index contributed by atoms with van der Waals surface area (Å²) in [7, 11) is 0. The van der Waals surface area contributed by atoms with Crippen LogP contribution in [-0.4, -0.2) is 35.0 Å². The van der Waals surface area contributed by atoms with E-state index in [4.69, 9.17) is 19.0 Å². The molecular weight excluding hydrogens is 334 g/mol. The van der Waals surface area contributed by atoms with E-state index in [2.05, 4.69) is 37.9 Å². The molecule has 0 unspecified atom stereocenters. The quantitative estimate of drug-likeness (QED) is 0.484. The second kappa shape index (κ2) is 8.68. The number of oxime groups is 1. The number of hydrogen-bond acceptors (Lipinski definition) is 6. The number of rotatable bonds is 9. The summed E-state index contributed by atoms with van der Waals surface area (Å²) in [5, 5.41) is 8.40. The van der Waals surface area contributed by atoms with Crippen LogP contribution >= 0.6 is 0 Å². The van der Waals surface area contributed by atoms with Crippen LogP contribution in [0.4, 0.5) is 0 Å². The first-order chi connectivity index (χ1) is 12.2. The van der Waals surface area contributed by atoms with Gasteiger partial charge in [-0.1, -0.05) is 38.9 Å². The largest absolute Gasteiger partial charge is 0.477 e. The van der Waals surface area contributed by atoms with E-state index >= 15 is 0 Å². The van der Waals surface area contributed by atoms with Crippen LogP contribution in [-0.2, 0) is 14.3 Å². The van der Waals surface area contributed by atoms with Gasteiger partial charge in [0, 0.05) is 11.6 Å². The van der Waals surface area contributed by atoms with Crippen molar-refractivity contribution in [2.24, 2.45) is 16.5 Å². The van der Waals surface area contributed by atoms with E-state index in [0.717, 1.165) is 11.3 Å². The molecule has 0 bridgehead atoms. The van der Waals surface area contributed by atoms with Crippen LogP contribution in [0.5, 0.6) is 5.88 Å². The molecule has 7 heteroatoms. The van der Waals surface area contributed by atoms with Crippen LogP contribution in [0.3, 0.4) is 0 Å². The van der Waals surface area contributed by atoms with E-state index < -0.39 is 6.29 Å². The van der Waals surface area contributed by atoms with Gasteiger partial charge in [-0.3, -0.25) is 0 Å². The van der Waals surface area contributed by atoms with E-state index in [-0.39, 0.29) is 11.7 Å². The molecule has 146 valence electrons. The Labute approximate surface area is 155 Å². The SMILES string of the molecule is CC(C)=NOCC(C)(C)/C=C/n1ncc(C2OC(C)O2)c1OCC(C)C. The minimum absolute atomic E-state index is 0.199. The molecule has 26 heavy (non-hydrogen) atoms. The smallest absolute Gasteiger partial charge is 0.224 e. The average molecular weight is 365 g/mol. The first-order valence-electron chi connectivity index (χ1n) is 9.01. The highest BCUT2D eigenvalue weighted by atomic mass is 16.9. The van der Waals surface area contributed by atoms with Gasteiger partial charge in [-0.15, -0.1) is 0 Å². The van der Waals surface area contributed by atoms with E-state index in [1.54, 1.807) is 10.9 Å². The molecule has 1 aromatic heterocycles. The van der Waals surface area contributed by atoms with Crippen molar-refractivity contribution in [1.82, 2.24) is 9.78 Å². The van der Waals surface area contributed by atoms with Crippen molar-refractivity contribution >= 4 is 11.9 Å². The normalized spacial score (nSPS) is 20.3. The predicted molar refractivity (Wildman–Crippen MR) is 101 cm³/mol. The molecule has 0 atom stereocenters. The minimum atomic E-state index is -0.424.